The summed E-state index contributed by atoms with van der Waals surface area (Å²) in [4.78, 5) is 0. The maximum absolute atomic E-state index is 9.01. The first-order valence-corrected chi connectivity index (χ1v) is 5.11. The Balaban J connectivity index is 2.33. The van der Waals surface area contributed by atoms with Crippen molar-refractivity contribution in [3.8, 4) is 0 Å². The molecule has 0 saturated carbocycles. The zero-order valence-electron chi connectivity index (χ0n) is 6.33. The topological polar surface area (TPSA) is 52.5 Å². The van der Waals surface area contributed by atoms with Crippen LogP contribution in [0.2, 0.25) is 0 Å². The first kappa shape index (κ1) is 9.98. The van der Waals surface area contributed by atoms with E-state index in [4.69, 9.17) is 10.2 Å². The molecule has 0 radical (unpaired) electrons. The highest BCUT2D eigenvalue weighted by atomic mass is 79.9. The lowest BCUT2D eigenvalue weighted by molar-refractivity contribution is 0.105. The summed E-state index contributed by atoms with van der Waals surface area (Å²) in [5.41, 5.74) is 0. The number of aliphatic hydroxyl groups excluding tert-OH is 2. The van der Waals surface area contributed by atoms with Gasteiger partial charge in [0.05, 0.1) is 21.5 Å². The molecule has 1 heterocycles. The Kier molecular flexibility index (Phi) is 4.00. The fourth-order valence-corrected chi connectivity index (χ4v) is 1.99. The van der Waals surface area contributed by atoms with Crippen molar-refractivity contribution in [3.05, 3.63) is 15.9 Å². The van der Waals surface area contributed by atoms with E-state index in [2.05, 4.69) is 21.2 Å². The maximum atomic E-state index is 9.01. The molecule has 5 heteroatoms. The smallest absolute Gasteiger partial charge is 0.0942 e. The minimum absolute atomic E-state index is 0.209. The van der Waals surface area contributed by atoms with Crippen molar-refractivity contribution in [1.82, 2.24) is 0 Å². The molecule has 68 valence electrons. The highest BCUT2D eigenvalue weighted by Gasteiger charge is 2.02. The average molecular weight is 252 g/mol. The van der Waals surface area contributed by atoms with Crippen LogP contribution in [0, 0.1) is 0 Å². The zero-order chi connectivity index (χ0) is 8.97. The van der Waals surface area contributed by atoms with Crippen molar-refractivity contribution >= 4 is 32.3 Å². The lowest BCUT2D eigenvalue weighted by Crippen LogP contribution is -2.22. The molecular weight excluding hydrogens is 242 g/mol. The SMILES string of the molecule is OCC(O)CNc1ccc(Br)s1. The van der Waals surface area contributed by atoms with Gasteiger partial charge in [0.1, 0.15) is 0 Å². The molecule has 1 unspecified atom stereocenters. The fraction of sp³-hybridized carbons (Fsp3) is 0.429. The van der Waals surface area contributed by atoms with Gasteiger partial charge in [0, 0.05) is 6.54 Å². The quantitative estimate of drug-likeness (QED) is 0.756. The standard InChI is InChI=1S/C7H10BrNO2S/c8-6-1-2-7(12-6)9-3-5(11)4-10/h1-2,5,9-11H,3-4H2. The zero-order valence-corrected chi connectivity index (χ0v) is 8.73. The summed E-state index contributed by atoms with van der Waals surface area (Å²) in [6.45, 7) is 0.170. The van der Waals surface area contributed by atoms with E-state index >= 15 is 0 Å². The summed E-state index contributed by atoms with van der Waals surface area (Å²) in [5.74, 6) is 0. The Hall–Kier alpha value is -0.100. The molecule has 0 aliphatic heterocycles. The van der Waals surface area contributed by atoms with Crippen LogP contribution in [0.15, 0.2) is 15.9 Å². The highest BCUT2D eigenvalue weighted by Crippen LogP contribution is 2.26. The van der Waals surface area contributed by atoms with E-state index in [0.717, 1.165) is 8.79 Å². The third kappa shape index (κ3) is 3.10. The van der Waals surface area contributed by atoms with E-state index in [1.54, 1.807) is 11.3 Å². The lowest BCUT2D eigenvalue weighted by atomic mass is 10.4. The predicted molar refractivity (Wildman–Crippen MR) is 53.6 cm³/mol. The van der Waals surface area contributed by atoms with Gasteiger partial charge in [0.2, 0.25) is 0 Å². The second-order valence-corrected chi connectivity index (χ2v) is 4.78. The average Bonchev–Trinajstić information content (AvgIpc) is 2.47. The molecule has 3 N–H and O–H groups in total. The molecule has 0 fully saturated rings. The molecule has 0 bridgehead atoms. The summed E-state index contributed by atoms with van der Waals surface area (Å²) in [6.07, 6.45) is -0.689. The van der Waals surface area contributed by atoms with E-state index in [1.807, 2.05) is 12.1 Å². The summed E-state index contributed by atoms with van der Waals surface area (Å²) in [7, 11) is 0. The Morgan fingerprint density at radius 3 is 2.83 bits per heavy atom. The van der Waals surface area contributed by atoms with Crippen LogP contribution in [0.5, 0.6) is 0 Å². The number of thiophene rings is 1. The number of anilines is 1. The molecule has 1 aromatic heterocycles. The summed E-state index contributed by atoms with van der Waals surface area (Å²) < 4.78 is 1.04. The van der Waals surface area contributed by atoms with Gasteiger partial charge in [0.25, 0.3) is 0 Å². The van der Waals surface area contributed by atoms with E-state index in [0.29, 0.717) is 6.54 Å². The van der Waals surface area contributed by atoms with Crippen LogP contribution < -0.4 is 5.32 Å². The monoisotopic (exact) mass is 251 g/mol. The van der Waals surface area contributed by atoms with Gasteiger partial charge in [-0.1, -0.05) is 0 Å². The Morgan fingerprint density at radius 2 is 2.33 bits per heavy atom. The number of hydrogen-bond acceptors (Lipinski definition) is 4. The van der Waals surface area contributed by atoms with Crippen molar-refractivity contribution in [3.63, 3.8) is 0 Å². The molecule has 0 amide bonds. The van der Waals surface area contributed by atoms with Crippen LogP contribution >= 0.6 is 27.3 Å². The summed E-state index contributed by atoms with van der Waals surface area (Å²) in [5, 5.41) is 21.5. The van der Waals surface area contributed by atoms with Crippen LogP contribution in [0.25, 0.3) is 0 Å². The molecule has 0 saturated heterocycles. The molecule has 1 atom stereocenters. The molecule has 0 spiro atoms. The number of halogens is 1. The van der Waals surface area contributed by atoms with Crippen LogP contribution in [-0.2, 0) is 0 Å². The Morgan fingerprint density at radius 1 is 1.58 bits per heavy atom. The van der Waals surface area contributed by atoms with Crippen LogP contribution in [0.3, 0.4) is 0 Å². The molecule has 0 aliphatic carbocycles. The van der Waals surface area contributed by atoms with Crippen molar-refractivity contribution < 1.29 is 10.2 Å². The van der Waals surface area contributed by atoms with Gasteiger partial charge in [-0.15, -0.1) is 11.3 Å². The van der Waals surface area contributed by atoms with Crippen LogP contribution in [-0.4, -0.2) is 29.5 Å². The number of nitrogens with one attached hydrogen (secondary N) is 1. The normalized spacial score (nSPS) is 12.9. The van der Waals surface area contributed by atoms with Gasteiger partial charge in [-0.05, 0) is 28.1 Å². The number of aliphatic hydroxyl groups is 2. The summed E-state index contributed by atoms with van der Waals surface area (Å²) in [6, 6.07) is 3.84. The van der Waals surface area contributed by atoms with E-state index in [9.17, 15) is 0 Å². The second kappa shape index (κ2) is 4.81. The van der Waals surface area contributed by atoms with Crippen molar-refractivity contribution in [2.45, 2.75) is 6.10 Å². The first-order valence-electron chi connectivity index (χ1n) is 3.50. The molecule has 1 aromatic rings. The van der Waals surface area contributed by atoms with Crippen molar-refractivity contribution in [2.75, 3.05) is 18.5 Å². The molecule has 0 aliphatic rings. The molecule has 1 rings (SSSR count). The van der Waals surface area contributed by atoms with Crippen LogP contribution in [0.4, 0.5) is 5.00 Å². The predicted octanol–water partition coefficient (Wildman–Crippen LogP) is 1.28. The first-order chi connectivity index (χ1) is 5.72. The minimum atomic E-state index is -0.689. The largest absolute Gasteiger partial charge is 0.394 e. The van der Waals surface area contributed by atoms with Gasteiger partial charge in [-0.2, -0.15) is 0 Å². The van der Waals surface area contributed by atoms with Gasteiger partial charge in [-0.25, -0.2) is 0 Å². The van der Waals surface area contributed by atoms with Gasteiger partial charge >= 0.3 is 0 Å². The maximum Gasteiger partial charge on any atom is 0.0942 e. The van der Waals surface area contributed by atoms with E-state index in [1.165, 1.54) is 0 Å². The number of rotatable bonds is 4. The van der Waals surface area contributed by atoms with Crippen molar-refractivity contribution in [2.24, 2.45) is 0 Å². The summed E-state index contributed by atoms with van der Waals surface area (Å²) >= 11 is 4.88. The Bertz CT molecular complexity index is 241. The second-order valence-electron chi connectivity index (χ2n) is 2.32. The van der Waals surface area contributed by atoms with Crippen LogP contribution in [0.1, 0.15) is 0 Å². The molecule has 3 nitrogen and oxygen atoms in total. The van der Waals surface area contributed by atoms with Gasteiger partial charge in [-0.3, -0.25) is 0 Å². The third-order valence-corrected chi connectivity index (χ3v) is 2.88. The minimum Gasteiger partial charge on any atom is -0.394 e. The highest BCUT2D eigenvalue weighted by molar-refractivity contribution is 9.11. The fourth-order valence-electron chi connectivity index (χ4n) is 0.692. The van der Waals surface area contributed by atoms with Crippen molar-refractivity contribution in [1.29, 1.82) is 0 Å². The molecule has 12 heavy (non-hydrogen) atoms. The third-order valence-electron chi connectivity index (χ3n) is 1.30. The lowest BCUT2D eigenvalue weighted by Gasteiger charge is -2.07. The Labute approximate surface area is 83.2 Å². The van der Waals surface area contributed by atoms with Gasteiger partial charge in [0.15, 0.2) is 0 Å². The molecule has 0 aromatic carbocycles. The molecular formula is C7H10BrNO2S. The van der Waals surface area contributed by atoms with E-state index < -0.39 is 6.10 Å². The number of hydrogen-bond donors (Lipinski definition) is 3. The van der Waals surface area contributed by atoms with E-state index in [-0.39, 0.29) is 6.61 Å². The van der Waals surface area contributed by atoms with Gasteiger partial charge < -0.3 is 15.5 Å².